The first-order chi connectivity index (χ1) is 13.1. The van der Waals surface area contributed by atoms with Crippen molar-refractivity contribution in [2.24, 2.45) is 0 Å². The molecule has 5 nitrogen and oxygen atoms in total. The third-order valence-electron chi connectivity index (χ3n) is 4.25. The molecule has 0 atom stereocenters. The second-order valence-corrected chi connectivity index (χ2v) is 7.54. The summed E-state index contributed by atoms with van der Waals surface area (Å²) in [5.74, 6) is -1.11. The maximum absolute atomic E-state index is 13.5. The number of hydrogen-bond acceptors (Lipinski definition) is 6. The predicted molar refractivity (Wildman–Crippen MR) is 95.7 cm³/mol. The van der Waals surface area contributed by atoms with Gasteiger partial charge in [0.1, 0.15) is 0 Å². The van der Waals surface area contributed by atoms with Crippen LogP contribution < -0.4 is 0 Å². The lowest BCUT2D eigenvalue weighted by Gasteiger charge is -2.18. The molecule has 3 rings (SSSR count). The fourth-order valence-electron chi connectivity index (χ4n) is 2.89. The summed E-state index contributed by atoms with van der Waals surface area (Å²) in [6, 6.07) is 1.83. The molecule has 9 heteroatoms. The van der Waals surface area contributed by atoms with Crippen LogP contribution in [0, 0.1) is 0 Å². The number of carbonyl (C=O) groups excluding carboxylic acids is 2. The van der Waals surface area contributed by atoms with Gasteiger partial charge in [-0.1, -0.05) is 5.16 Å². The minimum Gasteiger partial charge on any atom is -0.459 e. The molecule has 0 amide bonds. The fourth-order valence-corrected chi connectivity index (χ4v) is 3.67. The Kier molecular flexibility index (Phi) is 5.56. The molecule has 0 radical (unpaired) electrons. The highest BCUT2D eigenvalue weighted by Crippen LogP contribution is 2.43. The van der Waals surface area contributed by atoms with E-state index in [4.69, 9.17) is 9.26 Å². The van der Waals surface area contributed by atoms with E-state index in [2.05, 4.69) is 5.16 Å². The number of alkyl halides is 3. The monoisotopic (exact) mass is 413 g/mol. The van der Waals surface area contributed by atoms with Gasteiger partial charge >= 0.3 is 12.1 Å². The van der Waals surface area contributed by atoms with Crippen LogP contribution in [0.15, 0.2) is 27.7 Å². The van der Waals surface area contributed by atoms with Gasteiger partial charge in [0.25, 0.3) is 0 Å². The average Bonchev–Trinajstić information content (AvgIpc) is 3.34. The Morgan fingerprint density at radius 1 is 1.25 bits per heavy atom. The summed E-state index contributed by atoms with van der Waals surface area (Å²) in [6.07, 6.45) is -0.874. The highest BCUT2D eigenvalue weighted by molar-refractivity contribution is 7.98. The number of nitrogens with zero attached hydrogens (tertiary/aromatic N) is 1. The van der Waals surface area contributed by atoms with E-state index in [0.717, 1.165) is 36.7 Å². The number of carbonyl (C=O) groups is 2. The molecular weight excluding hydrogens is 395 g/mol. The van der Waals surface area contributed by atoms with Crippen LogP contribution in [0.3, 0.4) is 0 Å². The van der Waals surface area contributed by atoms with Gasteiger partial charge in [0.05, 0.1) is 29.0 Å². The van der Waals surface area contributed by atoms with Crippen LogP contribution in [0.4, 0.5) is 13.2 Å². The number of hydrogen-bond donors (Lipinski definition) is 0. The van der Waals surface area contributed by atoms with E-state index < -0.39 is 35.2 Å². The number of thioether (sulfide) groups is 1. The largest absolute Gasteiger partial charge is 0.459 e. The van der Waals surface area contributed by atoms with Gasteiger partial charge in [0.15, 0.2) is 11.5 Å². The summed E-state index contributed by atoms with van der Waals surface area (Å²) in [5.41, 5.74) is -1.59. The third kappa shape index (κ3) is 3.94. The number of benzene rings is 1. The Morgan fingerprint density at radius 3 is 2.46 bits per heavy atom. The summed E-state index contributed by atoms with van der Waals surface area (Å²) in [5, 5.41) is 3.66. The van der Waals surface area contributed by atoms with Crippen molar-refractivity contribution in [3.05, 3.63) is 46.3 Å². The molecule has 0 bridgehead atoms. The maximum Gasteiger partial charge on any atom is 0.417 e. The molecule has 0 N–H and O–H groups in total. The van der Waals surface area contributed by atoms with Crippen molar-refractivity contribution < 1.29 is 32.0 Å². The molecule has 2 aromatic rings. The Bertz CT molecular complexity index is 916. The van der Waals surface area contributed by atoms with E-state index in [1.807, 2.05) is 0 Å². The first kappa shape index (κ1) is 20.4. The van der Waals surface area contributed by atoms with E-state index in [0.29, 0.717) is 5.76 Å². The lowest BCUT2D eigenvalue weighted by Crippen LogP contribution is -2.20. The molecule has 0 aliphatic heterocycles. The second-order valence-electron chi connectivity index (χ2n) is 6.73. The molecular formula is C19H18F3NO4S. The zero-order chi connectivity index (χ0) is 20.6. The van der Waals surface area contributed by atoms with Crippen molar-refractivity contribution in [3.63, 3.8) is 0 Å². The van der Waals surface area contributed by atoms with Crippen LogP contribution in [-0.2, 0) is 10.9 Å². The smallest absolute Gasteiger partial charge is 0.417 e. The highest BCUT2D eigenvalue weighted by Gasteiger charge is 2.39. The molecule has 1 aromatic heterocycles. The second kappa shape index (κ2) is 7.62. The normalized spacial score (nSPS) is 14.4. The molecule has 1 fully saturated rings. The zero-order valence-electron chi connectivity index (χ0n) is 15.4. The minimum atomic E-state index is -4.77. The van der Waals surface area contributed by atoms with E-state index in [-0.39, 0.29) is 21.9 Å². The molecule has 0 saturated heterocycles. The third-order valence-corrected chi connectivity index (χ3v) is 5.08. The maximum atomic E-state index is 13.5. The summed E-state index contributed by atoms with van der Waals surface area (Å²) < 4.78 is 50.7. The van der Waals surface area contributed by atoms with Gasteiger partial charge in [-0.15, -0.1) is 11.8 Å². The molecule has 1 aromatic carbocycles. The van der Waals surface area contributed by atoms with E-state index >= 15 is 0 Å². The van der Waals surface area contributed by atoms with E-state index in [1.54, 1.807) is 0 Å². The Morgan fingerprint density at radius 2 is 1.93 bits per heavy atom. The molecule has 150 valence electrons. The quantitative estimate of drug-likeness (QED) is 0.373. The molecule has 28 heavy (non-hydrogen) atoms. The van der Waals surface area contributed by atoms with Crippen molar-refractivity contribution in [2.75, 3.05) is 6.26 Å². The number of rotatable bonds is 6. The summed E-state index contributed by atoms with van der Waals surface area (Å²) in [4.78, 5) is 25.4. The minimum absolute atomic E-state index is 0.0127. The van der Waals surface area contributed by atoms with Crippen LogP contribution in [0.25, 0.3) is 0 Å². The van der Waals surface area contributed by atoms with Crippen molar-refractivity contribution >= 4 is 23.5 Å². The van der Waals surface area contributed by atoms with Gasteiger partial charge in [0.2, 0.25) is 0 Å². The Labute approximate surface area is 163 Å². The highest BCUT2D eigenvalue weighted by atomic mass is 32.2. The standard InChI is InChI=1S/C19H18F3NO4S/c1-9(2)26-18(25)14-13(19(20,21)22)7-6-11(17(14)28-3)15(24)12-8-23-27-16(12)10-4-5-10/h6-10H,4-5H2,1-3H3. The first-order valence-electron chi connectivity index (χ1n) is 8.63. The molecule has 1 aliphatic carbocycles. The van der Waals surface area contributed by atoms with Crippen LogP contribution in [0.5, 0.6) is 0 Å². The number of ketones is 1. The van der Waals surface area contributed by atoms with Crippen molar-refractivity contribution in [3.8, 4) is 0 Å². The summed E-state index contributed by atoms with van der Waals surface area (Å²) in [6.45, 7) is 3.08. The van der Waals surface area contributed by atoms with Gasteiger partial charge in [-0.2, -0.15) is 13.2 Å². The van der Waals surface area contributed by atoms with E-state index in [9.17, 15) is 22.8 Å². The molecule has 0 unspecified atom stereocenters. The average molecular weight is 413 g/mol. The SMILES string of the molecule is CSc1c(C(=O)c2cnoc2C2CC2)ccc(C(F)(F)F)c1C(=O)OC(C)C. The zero-order valence-corrected chi connectivity index (χ0v) is 16.2. The topological polar surface area (TPSA) is 69.4 Å². The van der Waals surface area contributed by atoms with Crippen molar-refractivity contribution in [1.82, 2.24) is 5.16 Å². The molecule has 0 spiro atoms. The first-order valence-corrected chi connectivity index (χ1v) is 9.86. The predicted octanol–water partition coefficient (Wildman–Crippen LogP) is 5.09. The Balaban J connectivity index is 2.15. The lowest BCUT2D eigenvalue weighted by molar-refractivity contribution is -0.138. The fraction of sp³-hybridized carbons (Fsp3) is 0.421. The van der Waals surface area contributed by atoms with Crippen LogP contribution in [0.1, 0.15) is 70.2 Å². The number of aromatic nitrogens is 1. The van der Waals surface area contributed by atoms with E-state index in [1.165, 1.54) is 26.3 Å². The van der Waals surface area contributed by atoms with Gasteiger partial charge < -0.3 is 9.26 Å². The molecule has 1 saturated carbocycles. The summed E-state index contributed by atoms with van der Waals surface area (Å²) in [7, 11) is 0. The van der Waals surface area contributed by atoms with Gasteiger partial charge in [-0.05, 0) is 45.1 Å². The van der Waals surface area contributed by atoms with Gasteiger partial charge in [-0.3, -0.25) is 4.79 Å². The van der Waals surface area contributed by atoms with Crippen LogP contribution in [-0.4, -0.2) is 29.3 Å². The number of halogens is 3. The Hall–Kier alpha value is -2.29. The number of esters is 1. The van der Waals surface area contributed by atoms with Crippen molar-refractivity contribution in [1.29, 1.82) is 0 Å². The number of ether oxygens (including phenoxy) is 1. The van der Waals surface area contributed by atoms with Crippen LogP contribution in [0.2, 0.25) is 0 Å². The van der Waals surface area contributed by atoms with Crippen LogP contribution >= 0.6 is 11.8 Å². The van der Waals surface area contributed by atoms with Gasteiger partial charge in [0, 0.05) is 16.4 Å². The lowest BCUT2D eigenvalue weighted by atomic mass is 9.97. The van der Waals surface area contributed by atoms with Gasteiger partial charge in [-0.25, -0.2) is 4.79 Å². The molecule has 1 heterocycles. The molecule has 1 aliphatic rings. The summed E-state index contributed by atoms with van der Waals surface area (Å²) >= 11 is 0.891. The van der Waals surface area contributed by atoms with Crippen molar-refractivity contribution in [2.45, 2.75) is 49.8 Å².